The second-order valence-corrected chi connectivity index (χ2v) is 1.96. The van der Waals surface area contributed by atoms with E-state index in [-0.39, 0.29) is 4.37 Å². The van der Waals surface area contributed by atoms with Gasteiger partial charge in [-0.05, 0) is 0 Å². The van der Waals surface area contributed by atoms with E-state index in [0.29, 0.717) is 0 Å². The van der Waals surface area contributed by atoms with Gasteiger partial charge in [-0.2, -0.15) is 0 Å². The summed E-state index contributed by atoms with van der Waals surface area (Å²) >= 11 is 0.901. The van der Waals surface area contributed by atoms with Crippen molar-refractivity contribution in [1.82, 2.24) is 0 Å². The van der Waals surface area contributed by atoms with Crippen LogP contribution in [0.15, 0.2) is 0 Å². The average Bonchev–Trinajstić information content (AvgIpc) is 1.35. The standard InChI is InChI=1S/C2H5O3.Sb.H/c1-2(3,4)5;;/h3-5H,1H2;;. The second kappa shape index (κ2) is 2.12. The van der Waals surface area contributed by atoms with Gasteiger partial charge in [0.15, 0.2) is 0 Å². The summed E-state index contributed by atoms with van der Waals surface area (Å²) in [4.78, 5) is 0. The normalized spacial score (nSPS) is 12.0. The van der Waals surface area contributed by atoms with Crippen LogP contribution in [0.5, 0.6) is 0 Å². The molecule has 0 aromatic heterocycles. The Morgan fingerprint density at radius 3 is 1.50 bits per heavy atom. The molecule has 0 rings (SSSR count). The van der Waals surface area contributed by atoms with Crippen LogP contribution in [0.1, 0.15) is 0 Å². The molecule has 4 heteroatoms. The van der Waals surface area contributed by atoms with Crippen molar-refractivity contribution in [2.75, 3.05) is 0 Å². The Bertz CT molecular complexity index is 38.5. The topological polar surface area (TPSA) is 60.7 Å². The summed E-state index contributed by atoms with van der Waals surface area (Å²) in [5.41, 5.74) is 0. The van der Waals surface area contributed by atoms with Gasteiger partial charge in [0.1, 0.15) is 0 Å². The molecule has 0 fully saturated rings. The minimum absolute atomic E-state index is 0.0275. The Labute approximate surface area is 49.1 Å². The molecule has 0 spiro atoms. The van der Waals surface area contributed by atoms with Gasteiger partial charge >= 0.3 is 48.7 Å². The van der Waals surface area contributed by atoms with Crippen molar-refractivity contribution in [3.8, 4) is 0 Å². The zero-order valence-corrected chi connectivity index (χ0v) is 5.90. The van der Waals surface area contributed by atoms with E-state index >= 15 is 0 Å². The van der Waals surface area contributed by atoms with Crippen molar-refractivity contribution >= 4 is 23.0 Å². The van der Waals surface area contributed by atoms with E-state index in [0.717, 1.165) is 23.0 Å². The Morgan fingerprint density at radius 2 is 1.50 bits per heavy atom. The van der Waals surface area contributed by atoms with Gasteiger partial charge in [0.25, 0.3) is 0 Å². The van der Waals surface area contributed by atoms with E-state index in [1.54, 1.807) is 0 Å². The number of hydrogen-bond donors (Lipinski definition) is 3. The zero-order valence-electron chi connectivity index (χ0n) is 3.05. The summed E-state index contributed by atoms with van der Waals surface area (Å²) in [6.07, 6.45) is 0. The van der Waals surface area contributed by atoms with E-state index in [9.17, 15) is 0 Å². The van der Waals surface area contributed by atoms with Gasteiger partial charge in [-0.3, -0.25) is 0 Å². The molecular weight excluding hydrogens is 194 g/mol. The maximum absolute atomic E-state index is 7.96. The van der Waals surface area contributed by atoms with E-state index < -0.39 is 5.97 Å². The third kappa shape index (κ3) is 4.70. The molecule has 37 valence electrons. The quantitative estimate of drug-likeness (QED) is 0.336. The van der Waals surface area contributed by atoms with Crippen LogP contribution in [0.3, 0.4) is 0 Å². The van der Waals surface area contributed by atoms with Crippen LogP contribution in [0.2, 0.25) is 4.37 Å². The predicted molar refractivity (Wildman–Crippen MR) is 21.3 cm³/mol. The second-order valence-electron chi connectivity index (χ2n) is 0.951. The SMILES string of the molecule is OC(O)(O)[CH2][SbH]. The fraction of sp³-hybridized carbons (Fsp3) is 1.00. The van der Waals surface area contributed by atoms with Crippen LogP contribution >= 0.6 is 0 Å². The molecule has 0 aromatic carbocycles. The molecule has 0 saturated carbocycles. The summed E-state index contributed by atoms with van der Waals surface area (Å²) in [6.45, 7) is 0. The number of rotatable bonds is 1. The third-order valence-electron chi connectivity index (χ3n) is 0.237. The molecule has 0 atom stereocenters. The molecule has 3 N–H and O–H groups in total. The molecule has 0 aliphatic heterocycles. The van der Waals surface area contributed by atoms with Gasteiger partial charge < -0.3 is 0 Å². The van der Waals surface area contributed by atoms with E-state index in [1.807, 2.05) is 0 Å². The summed E-state index contributed by atoms with van der Waals surface area (Å²) in [7, 11) is 0. The van der Waals surface area contributed by atoms with Gasteiger partial charge in [-0.15, -0.1) is 0 Å². The molecule has 0 amide bonds. The molecule has 0 bridgehead atoms. The van der Waals surface area contributed by atoms with Gasteiger partial charge in [0, 0.05) is 0 Å². The number of hydrogen-bond acceptors (Lipinski definition) is 3. The van der Waals surface area contributed by atoms with Gasteiger partial charge in [0.2, 0.25) is 0 Å². The molecule has 0 unspecified atom stereocenters. The number of aliphatic hydroxyl groups is 3. The van der Waals surface area contributed by atoms with Crippen molar-refractivity contribution in [3.05, 3.63) is 0 Å². The summed E-state index contributed by atoms with van der Waals surface area (Å²) in [6, 6.07) is 0. The summed E-state index contributed by atoms with van der Waals surface area (Å²) in [5, 5.41) is 23.9. The molecule has 0 saturated heterocycles. The van der Waals surface area contributed by atoms with E-state index in [1.165, 1.54) is 0 Å². The minimum atomic E-state index is -2.42. The van der Waals surface area contributed by atoms with Crippen molar-refractivity contribution < 1.29 is 15.3 Å². The van der Waals surface area contributed by atoms with Crippen molar-refractivity contribution in [2.24, 2.45) is 0 Å². The van der Waals surface area contributed by atoms with Crippen LogP contribution < -0.4 is 0 Å². The fourth-order valence-corrected chi connectivity index (χ4v) is 0. The maximum atomic E-state index is 7.96. The molecule has 0 aliphatic carbocycles. The molecule has 1 radical (unpaired) electrons. The summed E-state index contributed by atoms with van der Waals surface area (Å²) < 4.78 is 0.0275. The van der Waals surface area contributed by atoms with Crippen LogP contribution in [0.25, 0.3) is 0 Å². The first kappa shape index (κ1) is 6.70. The first-order valence-electron chi connectivity index (χ1n) is 1.38. The van der Waals surface area contributed by atoms with Crippen LogP contribution in [0.4, 0.5) is 0 Å². The molecule has 0 heterocycles. The molecule has 0 aromatic rings. The van der Waals surface area contributed by atoms with E-state index in [2.05, 4.69) is 0 Å². The van der Waals surface area contributed by atoms with Crippen LogP contribution in [-0.2, 0) is 0 Å². The first-order valence-corrected chi connectivity index (χ1v) is 3.40. The first-order chi connectivity index (χ1) is 2.56. The molecule has 3 nitrogen and oxygen atoms in total. The Balaban J connectivity index is 3.17. The molecule has 6 heavy (non-hydrogen) atoms. The fourth-order valence-electron chi connectivity index (χ4n) is 0. The van der Waals surface area contributed by atoms with Gasteiger partial charge in [-0.25, -0.2) is 0 Å². The van der Waals surface area contributed by atoms with Crippen LogP contribution in [-0.4, -0.2) is 44.3 Å². The molecule has 0 aliphatic rings. The zero-order chi connectivity index (χ0) is 5.21. The monoisotopic (exact) mass is 199 g/mol. The third-order valence-corrected chi connectivity index (χ3v) is 1.59. The Morgan fingerprint density at radius 1 is 1.33 bits per heavy atom. The van der Waals surface area contributed by atoms with E-state index in [4.69, 9.17) is 15.3 Å². The van der Waals surface area contributed by atoms with Crippen LogP contribution in [0, 0.1) is 0 Å². The molecular formula is C2H6O3Sb. The predicted octanol–water partition coefficient (Wildman–Crippen LogP) is -2.06. The average molecular weight is 200 g/mol. The Hall–Kier alpha value is 0.698. The van der Waals surface area contributed by atoms with Gasteiger partial charge in [0.05, 0.1) is 0 Å². The van der Waals surface area contributed by atoms with Crippen molar-refractivity contribution in [3.63, 3.8) is 0 Å². The van der Waals surface area contributed by atoms with Crippen molar-refractivity contribution in [2.45, 2.75) is 10.3 Å². The Kier molecular flexibility index (Phi) is 2.37. The van der Waals surface area contributed by atoms with Crippen molar-refractivity contribution in [1.29, 1.82) is 0 Å². The van der Waals surface area contributed by atoms with Gasteiger partial charge in [-0.1, -0.05) is 0 Å². The summed E-state index contributed by atoms with van der Waals surface area (Å²) in [5.74, 6) is -2.42.